The molecule has 12 rings (SSSR count). The molecule has 0 radical (unpaired) electrons. The molecule has 11 nitrogen and oxygen atoms in total. The molecule has 3 unspecified atom stereocenters. The smallest absolute Gasteiger partial charge is 0.344 e. The van der Waals surface area contributed by atoms with E-state index >= 15 is 0 Å². The minimum Gasteiger partial charge on any atom is -0.459 e. The summed E-state index contributed by atoms with van der Waals surface area (Å²) in [5.74, 6) is 5.07. The van der Waals surface area contributed by atoms with Crippen molar-refractivity contribution in [1.29, 1.82) is 0 Å². The van der Waals surface area contributed by atoms with E-state index in [2.05, 4.69) is 20.8 Å². The topological polar surface area (TPSA) is 152 Å². The van der Waals surface area contributed by atoms with Gasteiger partial charge in [0.2, 0.25) is 0 Å². The molecule has 0 aromatic heterocycles. The van der Waals surface area contributed by atoms with E-state index in [1.165, 1.54) is 44.9 Å². The van der Waals surface area contributed by atoms with E-state index in [-0.39, 0.29) is 34.5 Å². The first-order valence-corrected chi connectivity index (χ1v) is 26.6. The van der Waals surface area contributed by atoms with Crippen molar-refractivity contribution >= 4 is 29.8 Å². The van der Waals surface area contributed by atoms with Gasteiger partial charge in [0, 0.05) is 6.42 Å². The number of ether oxygens (including phenoxy) is 5. The van der Waals surface area contributed by atoms with Crippen LogP contribution < -0.4 is 0 Å². The molecular formula is C55H88O11. The lowest BCUT2D eigenvalue weighted by atomic mass is 9.47. The summed E-state index contributed by atoms with van der Waals surface area (Å²) >= 11 is 0. The maximum atomic E-state index is 12.8. The molecule has 11 heteroatoms. The van der Waals surface area contributed by atoms with Crippen LogP contribution in [0.15, 0.2) is 0 Å². The maximum absolute atomic E-state index is 12.8. The molecule has 3 atom stereocenters. The highest BCUT2D eigenvalue weighted by molar-refractivity contribution is 5.80. The minimum atomic E-state index is -0.728. The number of hydrogen-bond donors (Lipinski definition) is 1. The predicted octanol–water partition coefficient (Wildman–Crippen LogP) is 10.7. The van der Waals surface area contributed by atoms with Crippen LogP contribution in [0.1, 0.15) is 198 Å². The standard InChI is InChI=1S/C20H30O6.C19H32O2.C16H26O3/c1-4-12(2)19(23)25-10-17(21)24-11-18(22)26-20(3)15-6-13-5-14(8-15)9-16(20)7-13;1-6-18(4,5)17(20)21-19(12(2)3)15-8-13-7-14(10-15)11-16(19)9-13;1-4-14(2,3)13(17)19-16-8-11-5-12(9-16)7-15(18,6-11)10-16/h12-16H,4-11H2,1-3H3;12-16H,6-11H2,1-5H3;11-12,18H,4-10H2,1-3H3. The fourth-order valence-electron chi connectivity index (χ4n) is 15.5. The van der Waals surface area contributed by atoms with Gasteiger partial charge in [-0.25, -0.2) is 9.59 Å². The summed E-state index contributed by atoms with van der Waals surface area (Å²) in [6.07, 6.45) is 20.5. The van der Waals surface area contributed by atoms with Gasteiger partial charge < -0.3 is 28.8 Å². The number of aliphatic hydroxyl groups is 1. The van der Waals surface area contributed by atoms with Crippen molar-refractivity contribution in [3.63, 3.8) is 0 Å². The summed E-state index contributed by atoms with van der Waals surface area (Å²) in [7, 11) is 0. The van der Waals surface area contributed by atoms with Crippen LogP contribution in [0.3, 0.4) is 0 Å². The number of esters is 5. The van der Waals surface area contributed by atoms with Crippen LogP contribution >= 0.6 is 0 Å². The molecule has 0 aliphatic heterocycles. The van der Waals surface area contributed by atoms with Gasteiger partial charge in [0.1, 0.15) is 16.8 Å². The Kier molecular flexibility index (Phi) is 14.9. The zero-order valence-electron chi connectivity index (χ0n) is 42.8. The summed E-state index contributed by atoms with van der Waals surface area (Å²) in [6, 6.07) is 0. The zero-order chi connectivity index (χ0) is 48.2. The van der Waals surface area contributed by atoms with E-state index in [0.29, 0.717) is 54.3 Å². The molecule has 0 heterocycles. The van der Waals surface area contributed by atoms with E-state index in [9.17, 15) is 29.1 Å². The van der Waals surface area contributed by atoms with E-state index in [1.54, 1.807) is 6.92 Å². The molecule has 374 valence electrons. The van der Waals surface area contributed by atoms with Crippen molar-refractivity contribution in [3.05, 3.63) is 0 Å². The average molecular weight is 925 g/mol. The highest BCUT2D eigenvalue weighted by atomic mass is 16.6. The fourth-order valence-corrected chi connectivity index (χ4v) is 15.5. The molecule has 12 saturated carbocycles. The molecule has 0 aromatic carbocycles. The van der Waals surface area contributed by atoms with Gasteiger partial charge in [-0.1, -0.05) is 41.5 Å². The summed E-state index contributed by atoms with van der Waals surface area (Å²) in [5.41, 5.74) is -2.28. The molecule has 0 saturated heterocycles. The lowest BCUT2D eigenvalue weighted by Gasteiger charge is -2.62. The molecule has 12 bridgehead atoms. The highest BCUT2D eigenvalue weighted by Crippen LogP contribution is 2.63. The number of carbonyl (C=O) groups is 5. The van der Waals surface area contributed by atoms with Crippen molar-refractivity contribution < 1.29 is 52.8 Å². The Balaban J connectivity index is 0.000000149. The third-order valence-electron chi connectivity index (χ3n) is 19.5. The molecule has 0 amide bonds. The van der Waals surface area contributed by atoms with Gasteiger partial charge >= 0.3 is 29.8 Å². The Morgan fingerprint density at radius 3 is 1.41 bits per heavy atom. The normalized spacial score (nSPS) is 40.1. The Labute approximate surface area is 397 Å². The van der Waals surface area contributed by atoms with Crippen LogP contribution in [0, 0.1) is 81.8 Å². The average Bonchev–Trinajstić information content (AvgIpc) is 3.23. The fraction of sp³-hybridized carbons (Fsp3) is 0.909. The maximum Gasteiger partial charge on any atom is 0.344 e. The Bertz CT molecular complexity index is 1720. The second-order valence-corrected chi connectivity index (χ2v) is 25.5. The van der Waals surface area contributed by atoms with Crippen molar-refractivity contribution in [2.45, 2.75) is 221 Å². The van der Waals surface area contributed by atoms with E-state index in [1.807, 2.05) is 48.5 Å². The van der Waals surface area contributed by atoms with Crippen LogP contribution in [0.25, 0.3) is 0 Å². The van der Waals surface area contributed by atoms with E-state index in [4.69, 9.17) is 23.7 Å². The SMILES string of the molecule is CCC(C)(C)C(=O)OC1(C(C)C)C2CC3CC(C2)CC1C3.CCC(C)(C)C(=O)OC12CC3CC(CC(O)(C3)C1)C2.CCC(C)C(=O)OCC(=O)OCC(=O)OC1(C)C2CC3CC(C2)CC1C3. The molecule has 0 spiro atoms. The van der Waals surface area contributed by atoms with E-state index < -0.39 is 47.7 Å². The molecule has 12 aliphatic rings. The third kappa shape index (κ3) is 10.4. The summed E-state index contributed by atoms with van der Waals surface area (Å²) < 4.78 is 28.0. The first-order valence-electron chi connectivity index (χ1n) is 26.6. The van der Waals surface area contributed by atoms with Crippen LogP contribution in [-0.2, 0) is 47.7 Å². The Hall–Kier alpha value is -2.69. The van der Waals surface area contributed by atoms with Gasteiger partial charge in [-0.2, -0.15) is 0 Å². The molecule has 1 N–H and O–H groups in total. The van der Waals surface area contributed by atoms with Crippen LogP contribution in [-0.4, -0.2) is 70.6 Å². The largest absolute Gasteiger partial charge is 0.459 e. The quantitative estimate of drug-likeness (QED) is 0.131. The number of hydrogen-bond acceptors (Lipinski definition) is 11. The monoisotopic (exact) mass is 925 g/mol. The van der Waals surface area contributed by atoms with Gasteiger partial charge in [-0.15, -0.1) is 0 Å². The molecule has 12 aliphatic carbocycles. The number of carbonyl (C=O) groups excluding carboxylic acids is 5. The van der Waals surface area contributed by atoms with Crippen molar-refractivity contribution in [2.24, 2.45) is 81.8 Å². The van der Waals surface area contributed by atoms with Crippen molar-refractivity contribution in [1.82, 2.24) is 0 Å². The summed E-state index contributed by atoms with van der Waals surface area (Å²) in [6.45, 7) is 21.4. The van der Waals surface area contributed by atoms with Gasteiger partial charge in [0.15, 0.2) is 13.2 Å². The van der Waals surface area contributed by atoms with E-state index in [0.717, 1.165) is 87.9 Å². The van der Waals surface area contributed by atoms with Crippen LogP contribution in [0.5, 0.6) is 0 Å². The van der Waals surface area contributed by atoms with Gasteiger partial charge in [-0.3, -0.25) is 14.4 Å². The first-order chi connectivity index (χ1) is 30.9. The molecule has 0 aromatic rings. The summed E-state index contributed by atoms with van der Waals surface area (Å²) in [4.78, 5) is 60.6. The minimum absolute atomic E-state index is 0.0335. The zero-order valence-corrected chi connectivity index (χ0v) is 42.8. The third-order valence-corrected chi connectivity index (χ3v) is 19.5. The van der Waals surface area contributed by atoms with Crippen molar-refractivity contribution in [2.75, 3.05) is 13.2 Å². The molecule has 12 fully saturated rings. The lowest BCUT2D eigenvalue weighted by Crippen LogP contribution is -2.63. The second kappa shape index (κ2) is 19.2. The molecule has 66 heavy (non-hydrogen) atoms. The Morgan fingerprint density at radius 1 is 0.561 bits per heavy atom. The van der Waals surface area contributed by atoms with Gasteiger partial charge in [-0.05, 0) is 215 Å². The Morgan fingerprint density at radius 2 is 0.985 bits per heavy atom. The first kappa shape index (κ1) is 51.2. The predicted molar refractivity (Wildman–Crippen MR) is 250 cm³/mol. The van der Waals surface area contributed by atoms with Crippen molar-refractivity contribution in [3.8, 4) is 0 Å². The second-order valence-electron chi connectivity index (χ2n) is 25.5. The van der Waals surface area contributed by atoms with Gasteiger partial charge in [0.05, 0.1) is 22.3 Å². The summed E-state index contributed by atoms with van der Waals surface area (Å²) in [5, 5.41) is 10.6. The highest BCUT2D eigenvalue weighted by Gasteiger charge is 2.62. The number of rotatable bonds is 14. The van der Waals surface area contributed by atoms with Crippen LogP contribution in [0.2, 0.25) is 0 Å². The van der Waals surface area contributed by atoms with Gasteiger partial charge in [0.25, 0.3) is 0 Å². The van der Waals surface area contributed by atoms with Crippen LogP contribution in [0.4, 0.5) is 0 Å². The molecular weight excluding hydrogens is 837 g/mol. The lowest BCUT2D eigenvalue weighted by molar-refractivity contribution is -0.231.